The van der Waals surface area contributed by atoms with E-state index in [-0.39, 0.29) is 28.2 Å². The van der Waals surface area contributed by atoms with Crippen molar-refractivity contribution in [3.05, 3.63) is 90.3 Å². The van der Waals surface area contributed by atoms with E-state index in [1.54, 1.807) is 30.6 Å². The Hall–Kier alpha value is -4.68. The number of sulfonamides is 1. The van der Waals surface area contributed by atoms with Gasteiger partial charge in [-0.15, -0.1) is 11.3 Å². The van der Waals surface area contributed by atoms with Gasteiger partial charge in [0.2, 0.25) is 10.0 Å². The Bertz CT molecular complexity index is 2090. The van der Waals surface area contributed by atoms with Gasteiger partial charge in [-0.2, -0.15) is 0 Å². The maximum atomic E-state index is 15.2. The van der Waals surface area contributed by atoms with Gasteiger partial charge in [-0.05, 0) is 54.1 Å². The molecule has 0 saturated carbocycles. The molecule has 212 valence electrons. The van der Waals surface area contributed by atoms with Gasteiger partial charge < -0.3 is 9.73 Å². The summed E-state index contributed by atoms with van der Waals surface area (Å²) >= 11 is 1.30. The number of nitrogens with zero attached hydrogens (tertiary/aromatic N) is 3. The van der Waals surface area contributed by atoms with Crippen molar-refractivity contribution in [2.45, 2.75) is 0 Å². The highest BCUT2D eigenvalue weighted by molar-refractivity contribution is 7.92. The third-order valence-corrected chi connectivity index (χ3v) is 9.16. The van der Waals surface area contributed by atoms with E-state index in [4.69, 9.17) is 4.42 Å². The fourth-order valence-electron chi connectivity index (χ4n) is 4.71. The number of halogens is 2. The van der Waals surface area contributed by atoms with Crippen LogP contribution in [0.4, 0.5) is 14.5 Å². The molecule has 0 aliphatic carbocycles. The lowest BCUT2D eigenvalue weighted by atomic mass is 9.97. The number of benzene rings is 3. The summed E-state index contributed by atoms with van der Waals surface area (Å²) in [6.07, 6.45) is 4.30. The first-order valence-corrected chi connectivity index (χ1v) is 15.2. The van der Waals surface area contributed by atoms with Crippen LogP contribution in [0.3, 0.4) is 0 Å². The molecule has 3 aromatic carbocycles. The topological polar surface area (TPSA) is 105 Å². The van der Waals surface area contributed by atoms with Crippen LogP contribution in [-0.4, -0.2) is 44.6 Å². The molecule has 1 amide bonds. The van der Waals surface area contributed by atoms with Gasteiger partial charge in [-0.3, -0.25) is 14.1 Å². The summed E-state index contributed by atoms with van der Waals surface area (Å²) in [7, 11) is -0.873. The molecule has 6 aromatic rings. The Balaban J connectivity index is 1.63. The van der Waals surface area contributed by atoms with Crippen molar-refractivity contribution in [3.63, 3.8) is 0 Å². The second kappa shape index (κ2) is 10.3. The molecule has 0 aliphatic heterocycles. The van der Waals surface area contributed by atoms with Crippen molar-refractivity contribution in [2.75, 3.05) is 24.7 Å². The molecule has 12 heteroatoms. The van der Waals surface area contributed by atoms with Crippen LogP contribution in [0.15, 0.2) is 77.5 Å². The van der Waals surface area contributed by atoms with Crippen molar-refractivity contribution in [1.82, 2.24) is 15.3 Å². The van der Waals surface area contributed by atoms with E-state index in [1.807, 2.05) is 0 Å². The molecule has 0 fully saturated rings. The predicted octanol–water partition coefficient (Wildman–Crippen LogP) is 6.47. The third-order valence-electron chi connectivity index (χ3n) is 6.90. The van der Waals surface area contributed by atoms with E-state index in [9.17, 15) is 17.6 Å². The summed E-state index contributed by atoms with van der Waals surface area (Å²) in [6, 6.07) is 14.9. The van der Waals surface area contributed by atoms with Crippen molar-refractivity contribution < 1.29 is 26.4 Å². The molecule has 8 nitrogen and oxygen atoms in total. The molecule has 42 heavy (non-hydrogen) atoms. The van der Waals surface area contributed by atoms with E-state index >= 15 is 4.39 Å². The van der Waals surface area contributed by atoms with E-state index in [2.05, 4.69) is 15.3 Å². The van der Waals surface area contributed by atoms with Crippen LogP contribution in [0.25, 0.3) is 54.2 Å². The van der Waals surface area contributed by atoms with Crippen molar-refractivity contribution in [2.24, 2.45) is 0 Å². The average Bonchev–Trinajstić information content (AvgIpc) is 3.57. The first-order valence-electron chi connectivity index (χ1n) is 12.6. The largest absolute Gasteiger partial charge is 0.455 e. The minimum absolute atomic E-state index is 0.190. The molecule has 3 aromatic heterocycles. The standard InChI is InChI=1S/C30H22F2N4O4S2/c1-33-29(37)27-21-13-19(17-6-9-22(32)20(12-17)30-35-23-15-34-11-10-26(23)41-30)24(36(2)42(3,38)39)14-25(21)40-28(27)16-4-7-18(31)8-5-16/h4-15H,1-3H3,(H,33,37). The van der Waals surface area contributed by atoms with Gasteiger partial charge in [-0.1, -0.05) is 6.07 Å². The molecular formula is C30H22F2N4O4S2. The van der Waals surface area contributed by atoms with E-state index in [0.29, 0.717) is 32.6 Å². The third kappa shape index (κ3) is 4.78. The number of amides is 1. The highest BCUT2D eigenvalue weighted by Gasteiger charge is 2.26. The van der Waals surface area contributed by atoms with Crippen LogP contribution < -0.4 is 9.62 Å². The lowest BCUT2D eigenvalue weighted by Gasteiger charge is -2.21. The summed E-state index contributed by atoms with van der Waals surface area (Å²) < 4.78 is 62.3. The SMILES string of the molecule is CNC(=O)c1c(-c2ccc(F)cc2)oc2cc(N(C)S(C)(=O)=O)c(-c3ccc(F)c(-c4nc5cnccc5s4)c3)cc12. The Kier molecular flexibility index (Phi) is 6.74. The van der Waals surface area contributed by atoms with Gasteiger partial charge in [0.15, 0.2) is 0 Å². The zero-order valence-corrected chi connectivity index (χ0v) is 24.1. The number of pyridine rings is 1. The molecule has 0 aliphatic rings. The average molecular weight is 605 g/mol. The second-order valence-electron chi connectivity index (χ2n) is 9.55. The van der Waals surface area contributed by atoms with Crippen LogP contribution >= 0.6 is 11.3 Å². The normalized spacial score (nSPS) is 11.7. The predicted molar refractivity (Wildman–Crippen MR) is 160 cm³/mol. The fraction of sp³-hybridized carbons (Fsp3) is 0.100. The molecule has 1 N–H and O–H groups in total. The summed E-state index contributed by atoms with van der Waals surface area (Å²) in [5, 5.41) is 3.44. The van der Waals surface area contributed by atoms with Gasteiger partial charge in [-0.25, -0.2) is 22.2 Å². The number of fused-ring (bicyclic) bond motifs is 2. The lowest BCUT2D eigenvalue weighted by molar-refractivity contribution is 0.0964. The summed E-state index contributed by atoms with van der Waals surface area (Å²) in [5.74, 6) is -1.21. The van der Waals surface area contributed by atoms with Crippen molar-refractivity contribution in [1.29, 1.82) is 0 Å². The monoisotopic (exact) mass is 604 g/mol. The number of nitrogens with one attached hydrogen (secondary N) is 1. The molecule has 0 spiro atoms. The van der Waals surface area contributed by atoms with Crippen LogP contribution in [0.2, 0.25) is 0 Å². The Labute approximate surface area is 243 Å². The Morgan fingerprint density at radius 2 is 1.74 bits per heavy atom. The summed E-state index contributed by atoms with van der Waals surface area (Å²) in [4.78, 5) is 21.7. The Morgan fingerprint density at radius 3 is 2.43 bits per heavy atom. The van der Waals surface area contributed by atoms with Crippen LogP contribution in [0.1, 0.15) is 10.4 Å². The number of carbonyl (C=O) groups is 1. The molecule has 0 radical (unpaired) electrons. The number of rotatable bonds is 6. The number of thiazole rings is 1. The van der Waals surface area contributed by atoms with Crippen LogP contribution in [0, 0.1) is 11.6 Å². The number of hydrogen-bond donors (Lipinski definition) is 1. The van der Waals surface area contributed by atoms with Crippen LogP contribution in [-0.2, 0) is 10.0 Å². The van der Waals surface area contributed by atoms with Gasteiger partial charge in [0.05, 0.1) is 28.4 Å². The number of anilines is 1. The van der Waals surface area contributed by atoms with E-state index < -0.39 is 27.6 Å². The maximum Gasteiger partial charge on any atom is 0.255 e. The second-order valence-corrected chi connectivity index (χ2v) is 12.6. The van der Waals surface area contributed by atoms with Gasteiger partial charge in [0.1, 0.15) is 33.5 Å². The molecule has 3 heterocycles. The van der Waals surface area contributed by atoms with Crippen molar-refractivity contribution >= 4 is 54.1 Å². The van der Waals surface area contributed by atoms with Gasteiger partial charge in [0.25, 0.3) is 5.91 Å². The fourth-order valence-corrected chi connectivity index (χ4v) is 6.17. The lowest BCUT2D eigenvalue weighted by Crippen LogP contribution is -2.25. The van der Waals surface area contributed by atoms with Gasteiger partial charge in [0, 0.05) is 48.4 Å². The molecule has 6 rings (SSSR count). The highest BCUT2D eigenvalue weighted by atomic mass is 32.2. The zero-order chi connectivity index (χ0) is 29.8. The molecular weight excluding hydrogens is 582 g/mol. The number of furan rings is 1. The molecule has 0 unspecified atom stereocenters. The molecule has 0 bridgehead atoms. The van der Waals surface area contributed by atoms with Crippen LogP contribution in [0.5, 0.6) is 0 Å². The number of hydrogen-bond acceptors (Lipinski definition) is 7. The smallest absolute Gasteiger partial charge is 0.255 e. The number of carbonyl (C=O) groups excluding carboxylic acids is 1. The van der Waals surface area contributed by atoms with E-state index in [1.165, 1.54) is 67.9 Å². The zero-order valence-electron chi connectivity index (χ0n) is 22.5. The van der Waals surface area contributed by atoms with E-state index in [0.717, 1.165) is 15.3 Å². The first-order chi connectivity index (χ1) is 20.0. The minimum Gasteiger partial charge on any atom is -0.455 e. The molecule has 0 atom stereocenters. The highest BCUT2D eigenvalue weighted by Crippen LogP contribution is 2.42. The van der Waals surface area contributed by atoms with Crippen molar-refractivity contribution in [3.8, 4) is 33.0 Å². The number of aromatic nitrogens is 2. The first kappa shape index (κ1) is 27.5. The maximum absolute atomic E-state index is 15.2. The van der Waals surface area contributed by atoms with Gasteiger partial charge >= 0.3 is 0 Å². The summed E-state index contributed by atoms with van der Waals surface area (Å²) in [6.45, 7) is 0. The molecule has 0 saturated heterocycles. The quantitative estimate of drug-likeness (QED) is 0.234. The minimum atomic E-state index is -3.74. The Morgan fingerprint density at radius 1 is 1.00 bits per heavy atom. The summed E-state index contributed by atoms with van der Waals surface area (Å²) in [5.41, 5.74) is 2.90.